The summed E-state index contributed by atoms with van der Waals surface area (Å²) in [6, 6.07) is 20.2. The lowest BCUT2D eigenvalue weighted by atomic mass is 9.84. The number of carboxylic acid groups (broad SMARTS) is 1. The smallest absolute Gasteiger partial charge is 0.337 e. The normalized spacial score (nSPS) is 12.4. The van der Waals surface area contributed by atoms with Gasteiger partial charge in [0.1, 0.15) is 5.82 Å². The van der Waals surface area contributed by atoms with E-state index in [-0.39, 0.29) is 22.0 Å². The first-order valence-electron chi connectivity index (χ1n) is 11.0. The van der Waals surface area contributed by atoms with Crippen LogP contribution in [-0.2, 0) is 0 Å². The van der Waals surface area contributed by atoms with Gasteiger partial charge in [-0.3, -0.25) is 4.98 Å². The molecule has 0 amide bonds. The van der Waals surface area contributed by atoms with Crippen molar-refractivity contribution in [2.24, 2.45) is 5.16 Å². The van der Waals surface area contributed by atoms with E-state index in [9.17, 15) is 15.1 Å². The molecule has 182 valence electrons. The second kappa shape index (κ2) is 10.9. The van der Waals surface area contributed by atoms with Crippen LogP contribution in [-0.4, -0.2) is 27.0 Å². The average molecular weight is 523 g/mol. The number of hydrogen-bond donors (Lipinski definition) is 2. The van der Waals surface area contributed by atoms with E-state index in [1.165, 1.54) is 12.1 Å². The van der Waals surface area contributed by atoms with Gasteiger partial charge in [0.2, 0.25) is 0 Å². The first-order valence-corrected chi connectivity index (χ1v) is 11.7. The third kappa shape index (κ3) is 5.56. The van der Waals surface area contributed by atoms with Crippen LogP contribution in [0.1, 0.15) is 45.1 Å². The summed E-state index contributed by atoms with van der Waals surface area (Å²) in [7, 11) is 0. The number of rotatable bonds is 7. The van der Waals surface area contributed by atoms with Gasteiger partial charge in [0.25, 0.3) is 0 Å². The number of nitrogens with zero attached hydrogens (tertiary/aromatic N) is 2. The topological polar surface area (TPSA) is 82.8 Å². The van der Waals surface area contributed by atoms with E-state index in [4.69, 9.17) is 23.2 Å². The number of hydrogen-bond acceptors (Lipinski definition) is 4. The maximum Gasteiger partial charge on any atom is 0.337 e. The van der Waals surface area contributed by atoms with E-state index in [0.717, 1.165) is 22.4 Å². The SMILES string of the molecule is Cc1cc(C(C[C@H](c2ccc(-c3ccc(C(=O)O)c(Cl)c3)cc2)c2ccc(Cl)cc2F)=NO)ccn1. The Labute approximate surface area is 217 Å². The van der Waals surface area contributed by atoms with Crippen LogP contribution in [0.3, 0.4) is 0 Å². The van der Waals surface area contributed by atoms with Crippen molar-refractivity contribution in [3.05, 3.63) is 123 Å². The Morgan fingerprint density at radius 2 is 1.72 bits per heavy atom. The molecule has 1 aromatic heterocycles. The summed E-state index contributed by atoms with van der Waals surface area (Å²) in [5.41, 5.74) is 4.63. The second-order valence-corrected chi connectivity index (χ2v) is 9.12. The van der Waals surface area contributed by atoms with Crippen molar-refractivity contribution < 1.29 is 19.5 Å². The number of carboxylic acids is 1. The molecule has 4 aromatic rings. The van der Waals surface area contributed by atoms with E-state index in [0.29, 0.717) is 16.8 Å². The van der Waals surface area contributed by atoms with Crippen molar-refractivity contribution >= 4 is 34.9 Å². The summed E-state index contributed by atoms with van der Waals surface area (Å²) in [4.78, 5) is 15.4. The number of oxime groups is 1. The van der Waals surface area contributed by atoms with E-state index < -0.39 is 17.7 Å². The molecule has 0 saturated heterocycles. The first-order chi connectivity index (χ1) is 17.3. The van der Waals surface area contributed by atoms with Gasteiger partial charge in [-0.1, -0.05) is 64.8 Å². The van der Waals surface area contributed by atoms with Gasteiger partial charge in [0, 0.05) is 34.8 Å². The molecule has 4 rings (SSSR count). The molecule has 0 saturated carbocycles. The molecule has 0 fully saturated rings. The van der Waals surface area contributed by atoms with Gasteiger partial charge < -0.3 is 10.3 Å². The van der Waals surface area contributed by atoms with Crippen LogP contribution in [0.15, 0.2) is 84.1 Å². The zero-order valence-electron chi connectivity index (χ0n) is 19.1. The maximum absolute atomic E-state index is 15.0. The third-order valence-electron chi connectivity index (χ3n) is 5.93. The molecule has 0 aliphatic carbocycles. The second-order valence-electron chi connectivity index (χ2n) is 8.28. The van der Waals surface area contributed by atoms with Crippen molar-refractivity contribution in [3.63, 3.8) is 0 Å². The van der Waals surface area contributed by atoms with Crippen LogP contribution in [0.4, 0.5) is 4.39 Å². The zero-order chi connectivity index (χ0) is 25.8. The van der Waals surface area contributed by atoms with Gasteiger partial charge in [0.05, 0.1) is 16.3 Å². The predicted molar refractivity (Wildman–Crippen MR) is 139 cm³/mol. The lowest BCUT2D eigenvalue weighted by molar-refractivity contribution is 0.0697. The van der Waals surface area contributed by atoms with Gasteiger partial charge in [-0.2, -0.15) is 0 Å². The number of aromatic carboxylic acids is 1. The standard InChI is InChI=1S/C28H21Cl2FN2O3/c1-16-12-20(10-11-32-16)27(33-36)15-24(22-9-7-21(29)14-26(22)31)18-4-2-17(3-5-18)19-6-8-23(28(34)35)25(30)13-19/h2-14,24,36H,15H2,1H3,(H,34,35)/t24-/m1/s1. The molecule has 8 heteroatoms. The lowest BCUT2D eigenvalue weighted by Crippen LogP contribution is -2.12. The van der Waals surface area contributed by atoms with Gasteiger partial charge in [-0.05, 0) is 65.6 Å². The number of benzene rings is 3. The van der Waals surface area contributed by atoms with E-state index in [2.05, 4.69) is 10.1 Å². The molecular weight excluding hydrogens is 502 g/mol. The highest BCUT2D eigenvalue weighted by Crippen LogP contribution is 2.34. The number of aromatic nitrogens is 1. The molecule has 1 heterocycles. The van der Waals surface area contributed by atoms with Gasteiger partial charge in [-0.15, -0.1) is 0 Å². The molecule has 3 aromatic carbocycles. The Bertz CT molecular complexity index is 1460. The van der Waals surface area contributed by atoms with Gasteiger partial charge in [-0.25, -0.2) is 9.18 Å². The summed E-state index contributed by atoms with van der Waals surface area (Å²) in [6.07, 6.45) is 1.85. The predicted octanol–water partition coefficient (Wildman–Crippen LogP) is 7.60. The quantitative estimate of drug-likeness (QED) is 0.148. The maximum atomic E-state index is 15.0. The molecule has 0 spiro atoms. The number of aryl methyl sites for hydroxylation is 1. The summed E-state index contributed by atoms with van der Waals surface area (Å²) < 4.78 is 15.0. The highest BCUT2D eigenvalue weighted by molar-refractivity contribution is 6.33. The molecule has 36 heavy (non-hydrogen) atoms. The fraction of sp³-hybridized carbons (Fsp3) is 0.107. The first kappa shape index (κ1) is 25.4. The monoisotopic (exact) mass is 522 g/mol. The lowest BCUT2D eigenvalue weighted by Gasteiger charge is -2.20. The fourth-order valence-electron chi connectivity index (χ4n) is 4.10. The average Bonchev–Trinajstić information content (AvgIpc) is 2.85. The van der Waals surface area contributed by atoms with Crippen molar-refractivity contribution in [2.45, 2.75) is 19.3 Å². The Hall–Kier alpha value is -3.74. The van der Waals surface area contributed by atoms with Crippen molar-refractivity contribution in [1.29, 1.82) is 0 Å². The zero-order valence-corrected chi connectivity index (χ0v) is 20.6. The van der Waals surface area contributed by atoms with Crippen LogP contribution in [0.5, 0.6) is 0 Å². The van der Waals surface area contributed by atoms with Crippen LogP contribution < -0.4 is 0 Å². The molecule has 0 aliphatic rings. The van der Waals surface area contributed by atoms with E-state index in [1.54, 1.807) is 42.6 Å². The molecule has 5 nitrogen and oxygen atoms in total. The van der Waals surface area contributed by atoms with Crippen LogP contribution >= 0.6 is 23.2 Å². The summed E-state index contributed by atoms with van der Waals surface area (Å²) in [5, 5.41) is 23.0. The molecule has 0 radical (unpaired) electrons. The summed E-state index contributed by atoms with van der Waals surface area (Å²) >= 11 is 12.1. The largest absolute Gasteiger partial charge is 0.478 e. The highest BCUT2D eigenvalue weighted by Gasteiger charge is 2.22. The molecule has 1 atom stereocenters. The van der Waals surface area contributed by atoms with Crippen molar-refractivity contribution in [1.82, 2.24) is 4.98 Å². The Morgan fingerprint density at radius 3 is 2.33 bits per heavy atom. The Balaban J connectivity index is 1.73. The fourth-order valence-corrected chi connectivity index (χ4v) is 4.52. The van der Waals surface area contributed by atoms with Crippen LogP contribution in [0.2, 0.25) is 10.0 Å². The molecule has 0 unspecified atom stereocenters. The third-order valence-corrected chi connectivity index (χ3v) is 6.48. The highest BCUT2D eigenvalue weighted by atomic mass is 35.5. The number of halogens is 3. The van der Waals surface area contributed by atoms with Crippen LogP contribution in [0.25, 0.3) is 11.1 Å². The van der Waals surface area contributed by atoms with Gasteiger partial charge in [0.15, 0.2) is 0 Å². The number of pyridine rings is 1. The minimum Gasteiger partial charge on any atom is -0.478 e. The van der Waals surface area contributed by atoms with E-state index in [1.807, 2.05) is 31.2 Å². The molecule has 0 bridgehead atoms. The molecule has 2 N–H and O–H groups in total. The summed E-state index contributed by atoms with van der Waals surface area (Å²) in [6.45, 7) is 1.84. The van der Waals surface area contributed by atoms with E-state index >= 15 is 4.39 Å². The Morgan fingerprint density at radius 1 is 1.00 bits per heavy atom. The van der Waals surface area contributed by atoms with Crippen molar-refractivity contribution in [2.75, 3.05) is 0 Å². The molecular formula is C28H21Cl2FN2O3. The Kier molecular flexibility index (Phi) is 7.67. The minimum atomic E-state index is -1.10. The number of carbonyl (C=O) groups is 1. The van der Waals surface area contributed by atoms with Crippen LogP contribution in [0, 0.1) is 12.7 Å². The summed E-state index contributed by atoms with van der Waals surface area (Å²) in [5.74, 6) is -2.04. The minimum absolute atomic E-state index is 0.0254. The van der Waals surface area contributed by atoms with Crippen molar-refractivity contribution in [3.8, 4) is 11.1 Å². The van der Waals surface area contributed by atoms with Gasteiger partial charge >= 0.3 is 5.97 Å². The molecule has 0 aliphatic heterocycles.